The van der Waals surface area contributed by atoms with E-state index in [-0.39, 0.29) is 23.8 Å². The lowest BCUT2D eigenvalue weighted by molar-refractivity contribution is -0.116. The third-order valence-corrected chi connectivity index (χ3v) is 5.29. The first kappa shape index (κ1) is 20.4. The zero-order valence-electron chi connectivity index (χ0n) is 16.6. The predicted molar refractivity (Wildman–Crippen MR) is 121 cm³/mol. The van der Waals surface area contributed by atoms with Crippen molar-refractivity contribution in [1.82, 2.24) is 14.8 Å². The summed E-state index contributed by atoms with van der Waals surface area (Å²) in [6.07, 6.45) is 2.44. The lowest BCUT2D eigenvalue weighted by atomic mass is 10.0. The van der Waals surface area contributed by atoms with Crippen molar-refractivity contribution >= 4 is 46.7 Å². The molecule has 8 heteroatoms. The average molecular weight is 442 g/mol. The summed E-state index contributed by atoms with van der Waals surface area (Å²) in [6, 6.07) is 14.9. The van der Waals surface area contributed by atoms with Gasteiger partial charge < -0.3 is 5.32 Å². The minimum atomic E-state index is -0.288. The Bertz CT molecular complexity index is 1100. The van der Waals surface area contributed by atoms with Crippen LogP contribution in [0.5, 0.6) is 0 Å². The van der Waals surface area contributed by atoms with Crippen LogP contribution >= 0.6 is 23.2 Å². The van der Waals surface area contributed by atoms with Crippen LogP contribution in [0, 0.1) is 5.92 Å². The molecular weight excluding hydrogens is 421 g/mol. The Morgan fingerprint density at radius 2 is 1.90 bits per heavy atom. The van der Waals surface area contributed by atoms with Crippen molar-refractivity contribution in [3.8, 4) is 0 Å². The Balaban J connectivity index is 1.73. The molecule has 1 atom stereocenters. The molecule has 6 nitrogen and oxygen atoms in total. The summed E-state index contributed by atoms with van der Waals surface area (Å²) in [6.45, 7) is 3.98. The van der Waals surface area contributed by atoms with Crippen molar-refractivity contribution in [3.63, 3.8) is 0 Å². The number of hydrogen-bond acceptors (Lipinski definition) is 4. The van der Waals surface area contributed by atoms with E-state index in [0.717, 1.165) is 16.8 Å². The van der Waals surface area contributed by atoms with Crippen molar-refractivity contribution in [2.75, 3.05) is 10.6 Å². The number of amides is 1. The lowest BCUT2D eigenvalue weighted by Gasteiger charge is -2.24. The number of nitrogens with one attached hydrogen (secondary N) is 2. The van der Waals surface area contributed by atoms with Gasteiger partial charge in [-0.05, 0) is 41.3 Å². The zero-order valence-corrected chi connectivity index (χ0v) is 18.1. The highest BCUT2D eigenvalue weighted by Crippen LogP contribution is 2.36. The number of aromatic nitrogens is 3. The van der Waals surface area contributed by atoms with Crippen LogP contribution in [0.15, 0.2) is 54.6 Å². The van der Waals surface area contributed by atoms with E-state index in [2.05, 4.69) is 20.7 Å². The molecule has 0 saturated heterocycles. The van der Waals surface area contributed by atoms with E-state index in [1.54, 1.807) is 4.68 Å². The molecule has 2 aromatic carbocycles. The van der Waals surface area contributed by atoms with Crippen molar-refractivity contribution < 1.29 is 4.79 Å². The van der Waals surface area contributed by atoms with Crippen LogP contribution < -0.4 is 10.6 Å². The number of carbonyl (C=O) groups is 1. The predicted octanol–water partition coefficient (Wildman–Crippen LogP) is 5.63. The van der Waals surface area contributed by atoms with E-state index in [0.29, 0.717) is 22.4 Å². The highest BCUT2D eigenvalue weighted by molar-refractivity contribution is 6.31. The van der Waals surface area contributed by atoms with Gasteiger partial charge in [0.2, 0.25) is 11.9 Å². The second-order valence-corrected chi connectivity index (χ2v) is 8.37. The zero-order chi connectivity index (χ0) is 21.3. The number of halogens is 2. The Hall–Kier alpha value is -2.83. The number of anilines is 2. The van der Waals surface area contributed by atoms with Crippen LogP contribution in [-0.2, 0) is 4.79 Å². The maximum Gasteiger partial charge on any atom is 0.250 e. The van der Waals surface area contributed by atoms with E-state index in [9.17, 15) is 4.79 Å². The third kappa shape index (κ3) is 4.35. The summed E-state index contributed by atoms with van der Waals surface area (Å²) >= 11 is 12.5. The van der Waals surface area contributed by atoms with Gasteiger partial charge in [-0.15, -0.1) is 5.10 Å². The topological polar surface area (TPSA) is 71.8 Å². The normalized spacial score (nSPS) is 15.4. The van der Waals surface area contributed by atoms with Gasteiger partial charge in [0, 0.05) is 22.2 Å². The Morgan fingerprint density at radius 1 is 1.17 bits per heavy atom. The number of carbonyl (C=O) groups excluding carboxylic acids is 1. The molecule has 0 saturated carbocycles. The number of nitrogens with zero attached hydrogens (tertiary/aromatic N) is 3. The largest absolute Gasteiger partial charge is 0.324 e. The van der Waals surface area contributed by atoms with Crippen molar-refractivity contribution in [3.05, 3.63) is 75.8 Å². The van der Waals surface area contributed by atoms with Gasteiger partial charge in [-0.3, -0.25) is 10.1 Å². The molecule has 0 radical (unpaired) electrons. The van der Waals surface area contributed by atoms with Crippen LogP contribution in [-0.4, -0.2) is 20.7 Å². The highest BCUT2D eigenvalue weighted by Gasteiger charge is 2.27. The van der Waals surface area contributed by atoms with Gasteiger partial charge in [-0.2, -0.15) is 4.98 Å². The molecular formula is C22H21Cl2N5O. The second kappa shape index (κ2) is 8.50. The lowest BCUT2D eigenvalue weighted by Crippen LogP contribution is -2.20. The molecule has 0 aliphatic carbocycles. The fraction of sp³-hybridized carbons (Fsp3) is 0.227. The van der Waals surface area contributed by atoms with E-state index < -0.39 is 0 Å². The molecule has 30 heavy (non-hydrogen) atoms. The van der Waals surface area contributed by atoms with Crippen molar-refractivity contribution in [2.24, 2.45) is 5.92 Å². The molecule has 0 fully saturated rings. The molecule has 0 bridgehead atoms. The first-order valence-electron chi connectivity index (χ1n) is 9.66. The van der Waals surface area contributed by atoms with E-state index in [1.807, 2.05) is 68.5 Å². The van der Waals surface area contributed by atoms with Crippen LogP contribution in [0.4, 0.5) is 11.9 Å². The highest BCUT2D eigenvalue weighted by atomic mass is 35.5. The van der Waals surface area contributed by atoms with Crippen LogP contribution in [0.25, 0.3) is 5.70 Å². The quantitative estimate of drug-likeness (QED) is 0.538. The maximum absolute atomic E-state index is 12.2. The Kier molecular flexibility index (Phi) is 5.79. The van der Waals surface area contributed by atoms with Gasteiger partial charge in [0.25, 0.3) is 5.95 Å². The number of fused-ring (bicyclic) bond motifs is 1. The molecule has 1 aromatic heterocycles. The van der Waals surface area contributed by atoms with E-state index in [4.69, 9.17) is 23.2 Å². The first-order chi connectivity index (χ1) is 14.4. The molecule has 1 aliphatic heterocycles. The van der Waals surface area contributed by atoms with Gasteiger partial charge in [-0.25, -0.2) is 4.68 Å². The third-order valence-electron chi connectivity index (χ3n) is 4.69. The van der Waals surface area contributed by atoms with Gasteiger partial charge >= 0.3 is 0 Å². The first-order valence-corrected chi connectivity index (χ1v) is 10.4. The molecule has 0 unspecified atom stereocenters. The molecule has 1 aliphatic rings. The Labute approximate surface area is 184 Å². The minimum Gasteiger partial charge on any atom is -0.324 e. The summed E-state index contributed by atoms with van der Waals surface area (Å²) in [5.41, 5.74) is 2.70. The molecule has 4 rings (SSSR count). The summed E-state index contributed by atoms with van der Waals surface area (Å²) in [7, 11) is 0. The maximum atomic E-state index is 12.2. The minimum absolute atomic E-state index is 0.117. The summed E-state index contributed by atoms with van der Waals surface area (Å²) in [4.78, 5) is 16.7. The van der Waals surface area contributed by atoms with Gasteiger partial charge in [-0.1, -0.05) is 67.4 Å². The molecule has 154 valence electrons. The van der Waals surface area contributed by atoms with Crippen molar-refractivity contribution in [2.45, 2.75) is 26.3 Å². The standard InChI is InChI=1S/C22H21Cl2N5O/c1-13(2)11-20(30)26-21-27-22-25-18(14-7-9-15(23)10-8-14)12-19(29(22)28-21)16-5-3-4-6-17(16)24/h3-10,12-13,19H,11H2,1-2H3,(H2,25,26,27,28,30)/t19-/m0/s1. The van der Waals surface area contributed by atoms with Crippen LogP contribution in [0.3, 0.4) is 0 Å². The van der Waals surface area contributed by atoms with Gasteiger partial charge in [0.15, 0.2) is 0 Å². The fourth-order valence-corrected chi connectivity index (χ4v) is 3.70. The van der Waals surface area contributed by atoms with Crippen molar-refractivity contribution in [1.29, 1.82) is 0 Å². The molecule has 3 aromatic rings. The number of benzene rings is 2. The van der Waals surface area contributed by atoms with Gasteiger partial charge in [0.05, 0.1) is 0 Å². The van der Waals surface area contributed by atoms with E-state index >= 15 is 0 Å². The van der Waals surface area contributed by atoms with Gasteiger partial charge in [0.1, 0.15) is 6.04 Å². The second-order valence-electron chi connectivity index (χ2n) is 7.53. The monoisotopic (exact) mass is 441 g/mol. The summed E-state index contributed by atoms with van der Waals surface area (Å²) in [5, 5.41) is 11.9. The number of allylic oxidation sites excluding steroid dienone is 1. The molecule has 2 heterocycles. The van der Waals surface area contributed by atoms with Crippen LogP contribution in [0.1, 0.15) is 37.4 Å². The fourth-order valence-electron chi connectivity index (χ4n) is 3.33. The molecule has 0 spiro atoms. The average Bonchev–Trinajstić information content (AvgIpc) is 3.09. The number of hydrogen-bond donors (Lipinski definition) is 2. The van der Waals surface area contributed by atoms with E-state index in [1.165, 1.54) is 0 Å². The molecule has 1 amide bonds. The number of rotatable bonds is 5. The summed E-state index contributed by atoms with van der Waals surface area (Å²) < 4.78 is 1.73. The Morgan fingerprint density at radius 3 is 2.60 bits per heavy atom. The molecule has 2 N–H and O–H groups in total. The summed E-state index contributed by atoms with van der Waals surface area (Å²) in [5.74, 6) is 0.903. The SMILES string of the molecule is CC(C)CC(=O)Nc1nc2n(n1)[C@H](c1ccccc1Cl)C=C(c1ccc(Cl)cc1)N2. The van der Waals surface area contributed by atoms with Crippen LogP contribution in [0.2, 0.25) is 10.0 Å². The smallest absolute Gasteiger partial charge is 0.250 e.